The molecule has 2 aromatic carbocycles. The summed E-state index contributed by atoms with van der Waals surface area (Å²) < 4.78 is 10.9. The molecule has 0 spiro atoms. The van der Waals surface area contributed by atoms with Crippen LogP contribution in [-0.4, -0.2) is 13.4 Å². The number of rotatable bonds is 5. The maximum Gasteiger partial charge on any atom is 0.160 e. The van der Waals surface area contributed by atoms with Crippen molar-refractivity contribution in [1.82, 2.24) is 0 Å². The standard InChI is InChI=1S/C15H9Cl5O3/c1-22-9-3-2-7(5-21)4-8(9)6-23-15-13(19)11(17)10(16)12(18)14(15)20/h2-5H,6H2,1H3. The molecule has 0 aromatic heterocycles. The van der Waals surface area contributed by atoms with E-state index in [1.54, 1.807) is 18.2 Å². The molecule has 3 nitrogen and oxygen atoms in total. The zero-order valence-corrected chi connectivity index (χ0v) is 15.4. The summed E-state index contributed by atoms with van der Waals surface area (Å²) in [4.78, 5) is 10.9. The molecule has 23 heavy (non-hydrogen) atoms. The van der Waals surface area contributed by atoms with Crippen LogP contribution < -0.4 is 9.47 Å². The van der Waals surface area contributed by atoms with E-state index in [-0.39, 0.29) is 37.5 Å². The molecule has 0 saturated heterocycles. The average Bonchev–Trinajstić information content (AvgIpc) is 2.57. The van der Waals surface area contributed by atoms with E-state index >= 15 is 0 Å². The van der Waals surface area contributed by atoms with Crippen LogP contribution in [0.2, 0.25) is 25.1 Å². The van der Waals surface area contributed by atoms with Gasteiger partial charge in [-0.25, -0.2) is 0 Å². The average molecular weight is 414 g/mol. The molecule has 0 aliphatic heterocycles. The summed E-state index contributed by atoms with van der Waals surface area (Å²) in [5.74, 6) is 0.653. The molecule has 8 heteroatoms. The van der Waals surface area contributed by atoms with Gasteiger partial charge in [0.25, 0.3) is 0 Å². The second-order valence-corrected chi connectivity index (χ2v) is 6.27. The second kappa shape index (κ2) is 7.82. The molecule has 0 amide bonds. The van der Waals surface area contributed by atoms with E-state index in [4.69, 9.17) is 67.5 Å². The van der Waals surface area contributed by atoms with Crippen LogP contribution in [0.3, 0.4) is 0 Å². The third kappa shape index (κ3) is 3.81. The summed E-state index contributed by atoms with van der Waals surface area (Å²) in [7, 11) is 1.51. The van der Waals surface area contributed by atoms with Crippen molar-refractivity contribution < 1.29 is 14.3 Å². The summed E-state index contributed by atoms with van der Waals surface area (Å²) in [6.07, 6.45) is 0.721. The van der Waals surface area contributed by atoms with Crippen molar-refractivity contribution in [2.75, 3.05) is 7.11 Å². The van der Waals surface area contributed by atoms with Crippen molar-refractivity contribution in [3.05, 3.63) is 54.4 Å². The van der Waals surface area contributed by atoms with Crippen LogP contribution in [0.1, 0.15) is 15.9 Å². The Bertz CT molecular complexity index is 732. The van der Waals surface area contributed by atoms with Crippen molar-refractivity contribution in [2.24, 2.45) is 0 Å². The predicted octanol–water partition coefficient (Wildman–Crippen LogP) is 6.35. The molecular formula is C15H9Cl5O3. The quantitative estimate of drug-likeness (QED) is 0.325. The van der Waals surface area contributed by atoms with Gasteiger partial charge >= 0.3 is 0 Å². The third-order valence-corrected chi connectivity index (χ3v) is 5.22. The fourth-order valence-electron chi connectivity index (χ4n) is 1.85. The Morgan fingerprint density at radius 3 is 2.04 bits per heavy atom. The van der Waals surface area contributed by atoms with E-state index in [0.29, 0.717) is 16.9 Å². The van der Waals surface area contributed by atoms with Crippen molar-refractivity contribution >= 4 is 64.3 Å². The van der Waals surface area contributed by atoms with Crippen LogP contribution in [0.25, 0.3) is 0 Å². The van der Waals surface area contributed by atoms with Crippen LogP contribution in [0.15, 0.2) is 18.2 Å². The number of ether oxygens (including phenoxy) is 2. The summed E-state index contributed by atoms with van der Waals surface area (Å²) in [5.41, 5.74) is 1.11. The van der Waals surface area contributed by atoms with E-state index in [1.807, 2.05) is 0 Å². The SMILES string of the molecule is COc1ccc(C=O)cc1COc1c(Cl)c(Cl)c(Cl)c(Cl)c1Cl. The largest absolute Gasteiger partial charge is 0.496 e. The van der Waals surface area contributed by atoms with E-state index in [0.717, 1.165) is 6.29 Å². The molecule has 0 fully saturated rings. The number of aldehydes is 1. The Kier molecular flexibility index (Phi) is 6.29. The lowest BCUT2D eigenvalue weighted by Crippen LogP contribution is -2.01. The molecule has 2 rings (SSSR count). The number of hydrogen-bond donors (Lipinski definition) is 0. The molecule has 0 N–H and O–H groups in total. The highest BCUT2D eigenvalue weighted by molar-refractivity contribution is 6.55. The van der Waals surface area contributed by atoms with Gasteiger partial charge in [-0.1, -0.05) is 58.0 Å². The van der Waals surface area contributed by atoms with Crippen molar-refractivity contribution in [2.45, 2.75) is 6.61 Å². The summed E-state index contributed by atoms with van der Waals surface area (Å²) in [6, 6.07) is 4.92. The lowest BCUT2D eigenvalue weighted by atomic mass is 10.1. The van der Waals surface area contributed by atoms with Crippen molar-refractivity contribution in [1.29, 1.82) is 0 Å². The van der Waals surface area contributed by atoms with Gasteiger partial charge in [0.15, 0.2) is 5.75 Å². The molecule has 0 aliphatic carbocycles. The summed E-state index contributed by atoms with van der Waals surface area (Å²) in [6.45, 7) is 0.0403. The summed E-state index contributed by atoms with van der Waals surface area (Å²) >= 11 is 30.1. The maximum atomic E-state index is 10.9. The van der Waals surface area contributed by atoms with E-state index < -0.39 is 0 Å². The first-order chi connectivity index (χ1) is 10.9. The first-order valence-electron chi connectivity index (χ1n) is 6.17. The zero-order valence-electron chi connectivity index (χ0n) is 11.6. The number of halogens is 5. The van der Waals surface area contributed by atoms with Gasteiger partial charge < -0.3 is 9.47 Å². The lowest BCUT2D eigenvalue weighted by Gasteiger charge is -2.15. The maximum absolute atomic E-state index is 10.9. The molecule has 122 valence electrons. The van der Waals surface area contributed by atoms with Crippen molar-refractivity contribution in [3.63, 3.8) is 0 Å². The highest BCUT2D eigenvalue weighted by Gasteiger charge is 2.21. The summed E-state index contributed by atoms with van der Waals surface area (Å²) in [5, 5.41) is 0.252. The topological polar surface area (TPSA) is 35.5 Å². The third-order valence-electron chi connectivity index (χ3n) is 2.98. The Hall–Kier alpha value is -0.840. The molecule has 0 unspecified atom stereocenters. The van der Waals surface area contributed by atoms with Gasteiger partial charge in [-0.05, 0) is 18.2 Å². The lowest BCUT2D eigenvalue weighted by molar-refractivity contribution is 0.112. The fraction of sp³-hybridized carbons (Fsp3) is 0.133. The van der Waals surface area contributed by atoms with Gasteiger partial charge in [0, 0.05) is 11.1 Å². The minimum Gasteiger partial charge on any atom is -0.496 e. The number of benzene rings is 2. The fourth-order valence-corrected chi connectivity index (χ4v) is 3.08. The first kappa shape index (κ1) is 18.5. The highest BCUT2D eigenvalue weighted by Crippen LogP contribution is 2.48. The van der Waals surface area contributed by atoms with E-state index in [9.17, 15) is 4.79 Å². The van der Waals surface area contributed by atoms with Crippen LogP contribution in [-0.2, 0) is 6.61 Å². The van der Waals surface area contributed by atoms with Crippen LogP contribution in [0, 0.1) is 0 Å². The molecular weight excluding hydrogens is 405 g/mol. The minimum absolute atomic E-state index is 0.0403. The van der Waals surface area contributed by atoms with E-state index in [2.05, 4.69) is 0 Å². The molecule has 0 aliphatic rings. The van der Waals surface area contributed by atoms with Gasteiger partial charge in [-0.2, -0.15) is 0 Å². The minimum atomic E-state index is 0.0403. The predicted molar refractivity (Wildman–Crippen MR) is 94.2 cm³/mol. The normalized spacial score (nSPS) is 10.5. The number of hydrogen-bond acceptors (Lipinski definition) is 3. The molecule has 0 atom stereocenters. The number of carbonyl (C=O) groups excluding carboxylic acids is 1. The van der Waals surface area contributed by atoms with Gasteiger partial charge in [0.05, 0.1) is 22.2 Å². The molecule has 0 radical (unpaired) electrons. The van der Waals surface area contributed by atoms with Gasteiger partial charge in [0.2, 0.25) is 0 Å². The zero-order chi connectivity index (χ0) is 17.1. The number of carbonyl (C=O) groups is 1. The van der Waals surface area contributed by atoms with Crippen LogP contribution in [0.4, 0.5) is 0 Å². The second-order valence-electron chi connectivity index (χ2n) is 4.38. The molecule has 0 saturated carbocycles. The number of methoxy groups -OCH3 is 1. The molecule has 0 heterocycles. The van der Waals surface area contributed by atoms with Gasteiger partial charge in [-0.3, -0.25) is 4.79 Å². The van der Waals surface area contributed by atoms with Gasteiger partial charge in [0.1, 0.15) is 28.7 Å². The Morgan fingerprint density at radius 1 is 0.957 bits per heavy atom. The molecule has 0 bridgehead atoms. The smallest absolute Gasteiger partial charge is 0.160 e. The monoisotopic (exact) mass is 412 g/mol. The van der Waals surface area contributed by atoms with E-state index in [1.165, 1.54) is 7.11 Å². The Morgan fingerprint density at radius 2 is 1.52 bits per heavy atom. The highest BCUT2D eigenvalue weighted by atomic mass is 35.5. The Labute approximate surface area is 157 Å². The first-order valence-corrected chi connectivity index (χ1v) is 8.06. The Balaban J connectivity index is 2.37. The van der Waals surface area contributed by atoms with Crippen LogP contribution in [0.5, 0.6) is 11.5 Å². The van der Waals surface area contributed by atoms with Crippen molar-refractivity contribution in [3.8, 4) is 11.5 Å². The van der Waals surface area contributed by atoms with Crippen LogP contribution >= 0.6 is 58.0 Å². The molecule has 2 aromatic rings. The van der Waals surface area contributed by atoms with Gasteiger partial charge in [-0.15, -0.1) is 0 Å².